The predicted molar refractivity (Wildman–Crippen MR) is 208 cm³/mol. The summed E-state index contributed by atoms with van der Waals surface area (Å²) in [7, 11) is 0. The summed E-state index contributed by atoms with van der Waals surface area (Å²) in [6.07, 6.45) is 6.64. The first-order chi connectivity index (χ1) is 24.1. The normalized spacial score (nSPS) is 12.5. The van der Waals surface area contributed by atoms with Gasteiger partial charge in [-0.1, -0.05) is 89.9 Å². The van der Waals surface area contributed by atoms with Crippen molar-refractivity contribution < 1.29 is 4.74 Å². The molecule has 254 valence electrons. The third kappa shape index (κ3) is 6.45. The molecule has 5 heteroatoms. The van der Waals surface area contributed by atoms with Crippen LogP contribution in [0.1, 0.15) is 82.3 Å². The molecular weight excluding hydrogens is 613 g/mol. The van der Waals surface area contributed by atoms with E-state index in [0.29, 0.717) is 5.92 Å². The quantitative estimate of drug-likeness (QED) is 0.137. The van der Waals surface area contributed by atoms with Gasteiger partial charge >= 0.3 is 0 Å². The van der Waals surface area contributed by atoms with Crippen LogP contribution in [-0.2, 0) is 6.42 Å². The van der Waals surface area contributed by atoms with Gasteiger partial charge in [0, 0.05) is 40.4 Å². The number of pyridine rings is 1. The van der Waals surface area contributed by atoms with E-state index in [-0.39, 0.29) is 5.41 Å². The SMILES string of the molecule is CCCCCc1ccnc(-n2c3ccc(C(C)C(C)(C)C)cc3c3ccc(Oc4cccc(-n5nc(C)c(-c6ccccc6)c5C)c4)cc32)c1. The van der Waals surface area contributed by atoms with Crippen molar-refractivity contribution in [2.75, 3.05) is 0 Å². The molecule has 7 aromatic rings. The number of aromatic nitrogens is 4. The van der Waals surface area contributed by atoms with Crippen LogP contribution in [0.4, 0.5) is 0 Å². The topological polar surface area (TPSA) is 44.9 Å². The molecule has 0 saturated heterocycles. The molecule has 0 aliphatic rings. The Labute approximate surface area is 296 Å². The van der Waals surface area contributed by atoms with Crippen molar-refractivity contribution in [3.63, 3.8) is 0 Å². The second-order valence-corrected chi connectivity index (χ2v) is 14.8. The Morgan fingerprint density at radius 3 is 2.34 bits per heavy atom. The number of aryl methyl sites for hydroxylation is 2. The van der Waals surface area contributed by atoms with Crippen LogP contribution in [-0.4, -0.2) is 19.3 Å². The van der Waals surface area contributed by atoms with Gasteiger partial charge in [-0.15, -0.1) is 0 Å². The second kappa shape index (κ2) is 13.6. The van der Waals surface area contributed by atoms with E-state index in [1.807, 2.05) is 29.1 Å². The number of rotatable bonds is 10. The van der Waals surface area contributed by atoms with Gasteiger partial charge in [-0.25, -0.2) is 9.67 Å². The molecule has 0 aliphatic carbocycles. The fraction of sp³-hybridized carbons (Fsp3) is 0.289. The average Bonchev–Trinajstić information content (AvgIpc) is 3.60. The molecule has 0 amide bonds. The molecule has 5 nitrogen and oxygen atoms in total. The van der Waals surface area contributed by atoms with Gasteiger partial charge in [0.1, 0.15) is 17.3 Å². The zero-order valence-corrected chi connectivity index (χ0v) is 30.5. The van der Waals surface area contributed by atoms with Crippen molar-refractivity contribution in [1.82, 2.24) is 19.3 Å². The average molecular weight is 661 g/mol. The van der Waals surface area contributed by atoms with Crippen molar-refractivity contribution in [3.8, 4) is 34.1 Å². The third-order valence-corrected chi connectivity index (χ3v) is 10.3. The monoisotopic (exact) mass is 660 g/mol. The molecule has 0 N–H and O–H groups in total. The van der Waals surface area contributed by atoms with E-state index in [2.05, 4.69) is 138 Å². The molecule has 0 fully saturated rings. The number of fused-ring (bicyclic) bond motifs is 3. The zero-order chi connectivity index (χ0) is 35.0. The Bertz CT molecular complexity index is 2290. The fourth-order valence-electron chi connectivity index (χ4n) is 7.15. The molecule has 0 radical (unpaired) electrons. The van der Waals surface area contributed by atoms with Gasteiger partial charge in [-0.3, -0.25) is 4.57 Å². The summed E-state index contributed by atoms with van der Waals surface area (Å²) >= 11 is 0. The molecule has 7 rings (SSSR count). The second-order valence-electron chi connectivity index (χ2n) is 14.8. The van der Waals surface area contributed by atoms with Gasteiger partial charge in [-0.2, -0.15) is 5.10 Å². The Kier molecular flexibility index (Phi) is 9.09. The van der Waals surface area contributed by atoms with Crippen LogP contribution in [0.3, 0.4) is 0 Å². The largest absolute Gasteiger partial charge is 0.457 e. The summed E-state index contributed by atoms with van der Waals surface area (Å²) in [6, 6.07) is 36.5. The highest BCUT2D eigenvalue weighted by atomic mass is 16.5. The number of benzene rings is 4. The van der Waals surface area contributed by atoms with Crippen molar-refractivity contribution >= 4 is 21.8 Å². The van der Waals surface area contributed by atoms with Crippen molar-refractivity contribution in [2.24, 2.45) is 5.41 Å². The van der Waals surface area contributed by atoms with Gasteiger partial charge in [0.25, 0.3) is 0 Å². The predicted octanol–water partition coefficient (Wildman–Crippen LogP) is 12.3. The minimum Gasteiger partial charge on any atom is -0.457 e. The van der Waals surface area contributed by atoms with E-state index in [9.17, 15) is 0 Å². The van der Waals surface area contributed by atoms with Gasteiger partial charge in [0.2, 0.25) is 0 Å². The van der Waals surface area contributed by atoms with Crippen LogP contribution >= 0.6 is 0 Å². The lowest BCUT2D eigenvalue weighted by atomic mass is 9.77. The van der Waals surface area contributed by atoms with E-state index in [0.717, 1.165) is 51.8 Å². The van der Waals surface area contributed by atoms with Crippen LogP contribution in [0.25, 0.3) is 44.4 Å². The van der Waals surface area contributed by atoms with E-state index in [1.165, 1.54) is 52.3 Å². The van der Waals surface area contributed by atoms with E-state index >= 15 is 0 Å². The highest BCUT2D eigenvalue weighted by Gasteiger charge is 2.23. The lowest BCUT2D eigenvalue weighted by Gasteiger charge is -2.27. The highest BCUT2D eigenvalue weighted by Crippen LogP contribution is 2.40. The first-order valence-electron chi connectivity index (χ1n) is 18.1. The number of hydrogen-bond acceptors (Lipinski definition) is 3. The first-order valence-corrected chi connectivity index (χ1v) is 18.1. The van der Waals surface area contributed by atoms with Crippen LogP contribution in [0, 0.1) is 19.3 Å². The maximum Gasteiger partial charge on any atom is 0.137 e. The Morgan fingerprint density at radius 2 is 1.56 bits per heavy atom. The Balaban J connectivity index is 1.30. The minimum atomic E-state index is 0.159. The summed E-state index contributed by atoms with van der Waals surface area (Å²) in [5.41, 5.74) is 10.5. The summed E-state index contributed by atoms with van der Waals surface area (Å²) < 4.78 is 10.9. The lowest BCUT2D eigenvalue weighted by molar-refractivity contribution is 0.340. The lowest BCUT2D eigenvalue weighted by Crippen LogP contribution is -2.15. The molecule has 0 saturated carbocycles. The summed E-state index contributed by atoms with van der Waals surface area (Å²) in [5, 5.41) is 7.36. The van der Waals surface area contributed by atoms with Crippen molar-refractivity contribution in [1.29, 1.82) is 0 Å². The van der Waals surface area contributed by atoms with Crippen LogP contribution < -0.4 is 4.74 Å². The molecule has 0 aliphatic heterocycles. The standard InChI is InChI=1S/C45H48N4O/c1-8-9-11-15-33-24-25-46-43(26-33)48-41-23-20-35(30(2)45(5,6)7)27-40(41)39-22-21-38(29-42(39)48)50-37-19-14-18-36(28-37)49-32(4)44(31(3)47-49)34-16-12-10-13-17-34/h10,12-14,16-30H,8-9,11,15H2,1-7H3. The molecule has 0 spiro atoms. The van der Waals surface area contributed by atoms with Crippen LogP contribution in [0.2, 0.25) is 0 Å². The molecule has 1 atom stereocenters. The third-order valence-electron chi connectivity index (χ3n) is 10.3. The van der Waals surface area contributed by atoms with E-state index < -0.39 is 0 Å². The smallest absolute Gasteiger partial charge is 0.137 e. The minimum absolute atomic E-state index is 0.159. The molecule has 3 aromatic heterocycles. The van der Waals surface area contributed by atoms with Gasteiger partial charge in [0.05, 0.1) is 22.4 Å². The number of hydrogen-bond donors (Lipinski definition) is 0. The van der Waals surface area contributed by atoms with Crippen molar-refractivity contribution in [3.05, 3.63) is 132 Å². The highest BCUT2D eigenvalue weighted by molar-refractivity contribution is 6.09. The van der Waals surface area contributed by atoms with Gasteiger partial charge < -0.3 is 4.74 Å². The van der Waals surface area contributed by atoms with Gasteiger partial charge in [-0.05, 0) is 103 Å². The van der Waals surface area contributed by atoms with Crippen LogP contribution in [0.5, 0.6) is 11.5 Å². The molecular formula is C45H48N4O. The molecule has 4 aromatic carbocycles. The maximum absolute atomic E-state index is 6.62. The number of unbranched alkanes of at least 4 members (excludes halogenated alkanes) is 2. The Morgan fingerprint density at radius 1 is 0.760 bits per heavy atom. The number of nitrogens with zero attached hydrogens (tertiary/aromatic N) is 4. The zero-order valence-electron chi connectivity index (χ0n) is 30.5. The molecule has 3 heterocycles. The van der Waals surface area contributed by atoms with Crippen molar-refractivity contribution in [2.45, 2.75) is 80.1 Å². The van der Waals surface area contributed by atoms with E-state index in [1.54, 1.807) is 0 Å². The van der Waals surface area contributed by atoms with E-state index in [4.69, 9.17) is 14.8 Å². The molecule has 50 heavy (non-hydrogen) atoms. The summed E-state index contributed by atoms with van der Waals surface area (Å²) in [6.45, 7) is 15.7. The molecule has 1 unspecified atom stereocenters. The van der Waals surface area contributed by atoms with Crippen LogP contribution in [0.15, 0.2) is 109 Å². The van der Waals surface area contributed by atoms with Gasteiger partial charge in [0.15, 0.2) is 0 Å². The first kappa shape index (κ1) is 33.3. The summed E-state index contributed by atoms with van der Waals surface area (Å²) in [5.74, 6) is 2.88. The summed E-state index contributed by atoms with van der Waals surface area (Å²) in [4.78, 5) is 4.92. The molecule has 0 bridgehead atoms. The maximum atomic E-state index is 6.62. The Hall–Kier alpha value is -5.16. The fourth-order valence-corrected chi connectivity index (χ4v) is 7.15. The number of ether oxygens (including phenoxy) is 1.